The average molecular weight is 482 g/mol. The molecule has 0 amide bonds. The minimum Gasteiger partial charge on any atom is -0.497 e. The van der Waals surface area contributed by atoms with Crippen molar-refractivity contribution < 1.29 is 35.4 Å². The van der Waals surface area contributed by atoms with Crippen LogP contribution in [-0.4, -0.2) is 57.6 Å². The predicted molar refractivity (Wildman–Crippen MR) is 118 cm³/mol. The Morgan fingerprint density at radius 1 is 1.09 bits per heavy atom. The van der Waals surface area contributed by atoms with Gasteiger partial charge in [-0.2, -0.15) is 0 Å². The molecular weight excluding hydrogens is 456 g/mol. The minimum absolute atomic E-state index is 0.0820. The van der Waals surface area contributed by atoms with Crippen LogP contribution < -0.4 is 9.46 Å². The molecular formula is C21H25N2O7S2+. The molecule has 2 atom stereocenters. The molecule has 32 heavy (non-hydrogen) atoms. The molecule has 1 aliphatic heterocycles. The lowest BCUT2D eigenvalue weighted by atomic mass is 10.1. The quantitative estimate of drug-likeness (QED) is 0.474. The summed E-state index contributed by atoms with van der Waals surface area (Å²) in [5.41, 5.74) is 0.547. The van der Waals surface area contributed by atoms with Gasteiger partial charge in [0.25, 0.3) is 6.04 Å². The first kappa shape index (κ1) is 25.2. The van der Waals surface area contributed by atoms with E-state index in [2.05, 4.69) is 4.72 Å². The third-order valence-corrected chi connectivity index (χ3v) is 6.62. The molecule has 172 valence electrons. The number of methoxy groups -OCH3 is 1. The lowest BCUT2D eigenvalue weighted by Crippen LogP contribution is -2.51. The number of hydrogen-bond donors (Lipinski definition) is 2. The zero-order valence-corrected chi connectivity index (χ0v) is 19.0. The molecule has 0 bridgehead atoms. The highest BCUT2D eigenvalue weighted by Gasteiger charge is 2.42. The van der Waals surface area contributed by atoms with E-state index >= 15 is 0 Å². The van der Waals surface area contributed by atoms with Gasteiger partial charge in [0.1, 0.15) is 5.75 Å². The van der Waals surface area contributed by atoms with E-state index in [9.17, 15) is 26.7 Å². The van der Waals surface area contributed by atoms with E-state index in [1.807, 2.05) is 30.3 Å². The van der Waals surface area contributed by atoms with E-state index < -0.39 is 38.6 Å². The van der Waals surface area contributed by atoms with Crippen molar-refractivity contribution in [1.29, 1.82) is 0 Å². The summed E-state index contributed by atoms with van der Waals surface area (Å²) in [5, 5.41) is 9.36. The van der Waals surface area contributed by atoms with Crippen LogP contribution in [-0.2, 0) is 31.1 Å². The van der Waals surface area contributed by atoms with Crippen molar-refractivity contribution >= 4 is 26.5 Å². The smallest absolute Gasteiger partial charge is 0.460 e. The van der Waals surface area contributed by atoms with E-state index in [0.717, 1.165) is 5.75 Å². The van der Waals surface area contributed by atoms with Gasteiger partial charge in [0.15, 0.2) is 6.54 Å². The molecule has 0 aliphatic carbocycles. The molecule has 2 aromatic carbocycles. The van der Waals surface area contributed by atoms with Gasteiger partial charge in [-0.05, 0) is 30.2 Å². The van der Waals surface area contributed by atoms with Crippen molar-refractivity contribution in [3.8, 4) is 5.75 Å². The molecule has 2 unspecified atom stereocenters. The third kappa shape index (κ3) is 7.91. The molecule has 2 aromatic rings. The highest BCUT2D eigenvalue weighted by molar-refractivity contribution is 7.88. The number of carboxylic acids is 1. The number of nitrogens with one attached hydrogen (secondary N) is 1. The van der Waals surface area contributed by atoms with Gasteiger partial charge in [-0.15, -0.1) is 8.42 Å². The van der Waals surface area contributed by atoms with Crippen molar-refractivity contribution in [3.63, 3.8) is 0 Å². The Labute approximate surface area is 188 Å². The van der Waals surface area contributed by atoms with Crippen LogP contribution >= 0.6 is 0 Å². The van der Waals surface area contributed by atoms with Crippen LogP contribution in [0, 0.1) is 0 Å². The number of hydrogen-bond acceptors (Lipinski definition) is 6. The Bertz CT molecular complexity index is 1160. The van der Waals surface area contributed by atoms with Crippen molar-refractivity contribution in [2.45, 2.75) is 24.3 Å². The maximum atomic E-state index is 12.3. The first-order chi connectivity index (χ1) is 15.2. The van der Waals surface area contributed by atoms with E-state index in [1.54, 1.807) is 43.5 Å². The van der Waals surface area contributed by atoms with Gasteiger partial charge < -0.3 is 9.84 Å². The predicted octanol–water partition coefficient (Wildman–Crippen LogP) is 1.66. The number of rotatable bonds is 6. The highest BCUT2D eigenvalue weighted by Crippen LogP contribution is 2.13. The lowest BCUT2D eigenvalue weighted by molar-refractivity contribution is -0.524. The Hall–Kier alpha value is -3.02. The Morgan fingerprint density at radius 3 is 2.19 bits per heavy atom. The van der Waals surface area contributed by atoms with Crippen molar-refractivity contribution in [1.82, 2.24) is 4.72 Å². The van der Waals surface area contributed by atoms with Crippen LogP contribution in [0.1, 0.15) is 12.0 Å². The summed E-state index contributed by atoms with van der Waals surface area (Å²) in [6.07, 6.45) is 3.15. The van der Waals surface area contributed by atoms with Crippen molar-refractivity contribution in [2.75, 3.05) is 13.7 Å². The molecule has 0 saturated carbocycles. The third-order valence-electron chi connectivity index (χ3n) is 4.49. The van der Waals surface area contributed by atoms with Crippen molar-refractivity contribution in [3.05, 3.63) is 78.4 Å². The molecule has 0 fully saturated rings. The second kappa shape index (κ2) is 12.1. The number of para-hydroxylation sites is 1. The summed E-state index contributed by atoms with van der Waals surface area (Å²) in [6.45, 7) is -0.121. The summed E-state index contributed by atoms with van der Waals surface area (Å²) >= 11 is 0. The molecule has 2 N–H and O–H groups in total. The number of carbonyl (C=O) groups is 1. The van der Waals surface area contributed by atoms with Crippen LogP contribution in [0.4, 0.5) is 0 Å². The first-order valence-electron chi connectivity index (χ1n) is 9.60. The van der Waals surface area contributed by atoms with E-state index in [0.29, 0.717) is 9.51 Å². The average Bonchev–Trinajstić information content (AvgIpc) is 2.97. The number of nitrogens with zero attached hydrogens (tertiary/aromatic N) is 1. The summed E-state index contributed by atoms with van der Waals surface area (Å²) in [4.78, 5) is 11.5. The number of aliphatic carboxylic acids is 1. The first-order valence-corrected chi connectivity index (χ1v) is 12.3. The van der Waals surface area contributed by atoms with Crippen LogP contribution in [0.15, 0.2) is 72.8 Å². The Morgan fingerprint density at radius 2 is 1.69 bits per heavy atom. The normalized spacial score (nSPS) is 18.1. The second-order valence-electron chi connectivity index (χ2n) is 6.79. The zero-order valence-electron chi connectivity index (χ0n) is 17.4. The molecule has 1 heterocycles. The highest BCUT2D eigenvalue weighted by atomic mass is 32.2. The van der Waals surface area contributed by atoms with Crippen LogP contribution in [0.2, 0.25) is 0 Å². The molecule has 9 nitrogen and oxygen atoms in total. The topological polar surface area (TPSA) is 130 Å². The minimum atomic E-state index is -3.84. The van der Waals surface area contributed by atoms with E-state index in [-0.39, 0.29) is 18.7 Å². The summed E-state index contributed by atoms with van der Waals surface area (Å²) in [7, 11) is -4.96. The Kier molecular flexibility index (Phi) is 9.57. The van der Waals surface area contributed by atoms with Crippen LogP contribution in [0.3, 0.4) is 0 Å². The summed E-state index contributed by atoms with van der Waals surface area (Å²) in [6, 6.07) is 15.5. The molecule has 11 heteroatoms. The van der Waals surface area contributed by atoms with Crippen LogP contribution in [0.25, 0.3) is 0 Å². The fourth-order valence-corrected chi connectivity index (χ4v) is 5.08. The number of sulfonamides is 1. The van der Waals surface area contributed by atoms with Gasteiger partial charge in [-0.25, -0.2) is 17.9 Å². The fourth-order valence-electron chi connectivity index (χ4n) is 3.05. The molecule has 0 spiro atoms. The van der Waals surface area contributed by atoms with Gasteiger partial charge >= 0.3 is 16.5 Å². The summed E-state index contributed by atoms with van der Waals surface area (Å²) in [5.74, 6) is -0.816. The standard InChI is InChI=1S/C14H16N2O6S2.C7H8O/c17-14(18)13-12(8-4-5-9-16(13)23(19)20)15-24(21,22)10-11-6-2-1-3-7-11;1-8-7-5-3-2-4-6-7/h1-7,12-13,15H,8-10H2;2-6H,1H3/p+1. The van der Waals surface area contributed by atoms with E-state index in [1.165, 1.54) is 6.08 Å². The number of carboxylic acid groups (broad SMARTS) is 1. The fraction of sp³-hybridized carbons (Fsp3) is 0.286. The number of ether oxygens (including phenoxy) is 1. The van der Waals surface area contributed by atoms with Gasteiger partial charge in [0.2, 0.25) is 10.0 Å². The van der Waals surface area contributed by atoms with E-state index in [4.69, 9.17) is 4.74 Å². The van der Waals surface area contributed by atoms with Gasteiger partial charge in [0.05, 0.1) is 18.9 Å². The zero-order chi connectivity index (χ0) is 23.6. The van der Waals surface area contributed by atoms with Crippen molar-refractivity contribution in [2.24, 2.45) is 0 Å². The molecule has 3 rings (SSSR count). The molecule has 0 radical (unpaired) electrons. The Balaban J connectivity index is 0.000000380. The molecule has 0 saturated heterocycles. The summed E-state index contributed by atoms with van der Waals surface area (Å²) < 4.78 is 55.1. The lowest BCUT2D eigenvalue weighted by Gasteiger charge is -2.18. The maximum Gasteiger partial charge on any atom is 0.460 e. The SMILES string of the molecule is COc1ccccc1.O=C(O)C1C(NS(=O)(=O)Cc2ccccc2)CC=CC[N+]1=S(=O)=O. The van der Waals surface area contributed by atoms with Gasteiger partial charge in [-0.3, -0.25) is 0 Å². The molecule has 1 aliphatic rings. The molecule has 0 aromatic heterocycles. The van der Waals surface area contributed by atoms with Gasteiger partial charge in [-0.1, -0.05) is 58.6 Å². The second-order valence-corrected chi connectivity index (χ2v) is 9.45. The van der Waals surface area contributed by atoms with Crippen LogP contribution in [0.5, 0.6) is 5.75 Å². The largest absolute Gasteiger partial charge is 0.497 e. The maximum absolute atomic E-state index is 12.3. The monoisotopic (exact) mass is 481 g/mol. The van der Waals surface area contributed by atoms with Gasteiger partial charge in [0, 0.05) is 0 Å². The number of benzene rings is 2.